The zero-order valence-electron chi connectivity index (χ0n) is 29.6. The van der Waals surface area contributed by atoms with Crippen molar-refractivity contribution in [3.8, 4) is 28.7 Å². The maximum atomic E-state index is 14.0. The number of rotatable bonds is 28. The van der Waals surface area contributed by atoms with Gasteiger partial charge in [0.25, 0.3) is 0 Å². The van der Waals surface area contributed by atoms with Crippen LogP contribution in [-0.4, -0.2) is 38.8 Å². The molecule has 2 rings (SSSR count). The first-order valence-corrected chi connectivity index (χ1v) is 18.3. The number of allylic oxidation sites excluding steroid dienone is 1. The van der Waals surface area contributed by atoms with Crippen molar-refractivity contribution >= 4 is 11.9 Å². The number of hydrogen-bond donors (Lipinski definition) is 0. The average Bonchev–Trinajstić information content (AvgIpc) is 3.07. The second kappa shape index (κ2) is 25.0. The number of carbonyl (C=O) groups is 1. The SMILES string of the molecule is CCCCCOc1ccc(OCCCCC)c(/C=C\C(=O)c2cc(OCCCCC)cc(OCCCCC)c2OCCCCC)c1. The molecule has 2 aromatic carbocycles. The van der Waals surface area contributed by atoms with Gasteiger partial charge in [-0.15, -0.1) is 0 Å². The number of benzene rings is 2. The highest BCUT2D eigenvalue weighted by Crippen LogP contribution is 2.38. The molecule has 0 N–H and O–H groups in total. The molecule has 6 nitrogen and oxygen atoms in total. The Morgan fingerprint density at radius 2 is 1.00 bits per heavy atom. The van der Waals surface area contributed by atoms with Gasteiger partial charge in [0.2, 0.25) is 0 Å². The van der Waals surface area contributed by atoms with Crippen LogP contribution in [0.1, 0.15) is 147 Å². The lowest BCUT2D eigenvalue weighted by Crippen LogP contribution is -2.09. The van der Waals surface area contributed by atoms with Crippen molar-refractivity contribution in [2.24, 2.45) is 0 Å². The summed E-state index contributed by atoms with van der Waals surface area (Å²) in [6.45, 7) is 13.8. The summed E-state index contributed by atoms with van der Waals surface area (Å²) in [5.41, 5.74) is 1.26. The minimum absolute atomic E-state index is 0.172. The monoisotopic (exact) mass is 638 g/mol. The van der Waals surface area contributed by atoms with E-state index < -0.39 is 0 Å². The molecule has 258 valence electrons. The van der Waals surface area contributed by atoms with Gasteiger partial charge in [0, 0.05) is 11.6 Å². The second-order valence-corrected chi connectivity index (χ2v) is 12.0. The summed E-state index contributed by atoms with van der Waals surface area (Å²) in [5.74, 6) is 3.03. The van der Waals surface area contributed by atoms with Crippen molar-refractivity contribution in [3.05, 3.63) is 47.5 Å². The maximum Gasteiger partial charge on any atom is 0.189 e. The van der Waals surface area contributed by atoms with E-state index in [-0.39, 0.29) is 5.78 Å². The maximum absolute atomic E-state index is 14.0. The summed E-state index contributed by atoms with van der Waals surface area (Å²) < 4.78 is 30.9. The highest BCUT2D eigenvalue weighted by molar-refractivity contribution is 6.09. The van der Waals surface area contributed by atoms with Crippen LogP contribution in [0.5, 0.6) is 28.7 Å². The van der Waals surface area contributed by atoms with Crippen LogP contribution < -0.4 is 23.7 Å². The molecule has 6 heteroatoms. The first-order chi connectivity index (χ1) is 22.6. The molecule has 46 heavy (non-hydrogen) atoms. The quantitative estimate of drug-likeness (QED) is 0.0525. The van der Waals surface area contributed by atoms with Crippen LogP contribution >= 0.6 is 0 Å². The molecule has 0 saturated heterocycles. The van der Waals surface area contributed by atoms with Gasteiger partial charge >= 0.3 is 0 Å². The van der Waals surface area contributed by atoms with Gasteiger partial charge in [0.05, 0.1) is 38.6 Å². The van der Waals surface area contributed by atoms with E-state index in [1.807, 2.05) is 36.4 Å². The van der Waals surface area contributed by atoms with Crippen LogP contribution in [0.3, 0.4) is 0 Å². The van der Waals surface area contributed by atoms with E-state index in [9.17, 15) is 4.79 Å². The molecule has 0 saturated carbocycles. The van der Waals surface area contributed by atoms with E-state index in [0.717, 1.165) is 113 Å². The Morgan fingerprint density at radius 1 is 0.522 bits per heavy atom. The zero-order chi connectivity index (χ0) is 33.2. The molecule has 0 fully saturated rings. The number of unbranched alkanes of at least 4 members (excludes halogenated alkanes) is 10. The fourth-order valence-corrected chi connectivity index (χ4v) is 4.91. The molecule has 0 aliphatic carbocycles. The predicted octanol–water partition coefficient (Wildman–Crippen LogP) is 11.4. The van der Waals surface area contributed by atoms with Crippen LogP contribution in [0, 0.1) is 0 Å². The molecule has 0 aliphatic rings. The minimum Gasteiger partial charge on any atom is -0.494 e. The summed E-state index contributed by atoms with van der Waals surface area (Å²) in [7, 11) is 0. The highest BCUT2D eigenvalue weighted by atomic mass is 16.5. The van der Waals surface area contributed by atoms with Crippen molar-refractivity contribution in [1.82, 2.24) is 0 Å². The molecule has 0 bridgehead atoms. The minimum atomic E-state index is -0.172. The molecule has 0 unspecified atom stereocenters. The van der Waals surface area contributed by atoms with E-state index in [2.05, 4.69) is 34.6 Å². The van der Waals surface area contributed by atoms with Crippen LogP contribution in [0.2, 0.25) is 0 Å². The van der Waals surface area contributed by atoms with Crippen molar-refractivity contribution in [2.75, 3.05) is 33.0 Å². The third kappa shape index (κ3) is 15.4. The topological polar surface area (TPSA) is 63.2 Å². The van der Waals surface area contributed by atoms with E-state index >= 15 is 0 Å². The first kappa shape index (κ1) is 39.0. The van der Waals surface area contributed by atoms with Crippen molar-refractivity contribution in [1.29, 1.82) is 0 Å². The van der Waals surface area contributed by atoms with Gasteiger partial charge in [-0.3, -0.25) is 4.79 Å². The summed E-state index contributed by atoms with van der Waals surface area (Å²) >= 11 is 0. The van der Waals surface area contributed by atoms with Crippen LogP contribution in [0.25, 0.3) is 6.08 Å². The van der Waals surface area contributed by atoms with Crippen LogP contribution in [0.15, 0.2) is 36.4 Å². The molecule has 0 amide bonds. The van der Waals surface area contributed by atoms with Gasteiger partial charge in [0.15, 0.2) is 17.3 Å². The van der Waals surface area contributed by atoms with E-state index in [1.54, 1.807) is 6.08 Å². The Kier molecular flexibility index (Phi) is 21.2. The molecular formula is C40H62O6. The van der Waals surface area contributed by atoms with Gasteiger partial charge in [-0.2, -0.15) is 0 Å². The lowest BCUT2D eigenvalue weighted by atomic mass is 10.1. The standard InChI is InChI=1S/C40H62O6/c1-6-11-16-25-42-34-22-24-38(44-27-18-13-8-3)33(30-34)21-23-37(41)36-31-35(43-26-17-12-7-2)32-39(45-28-19-14-9-4)40(36)46-29-20-15-10-5/h21-24,30-32H,6-20,25-29H2,1-5H3/b23-21-. The van der Waals surface area contributed by atoms with Crippen LogP contribution in [-0.2, 0) is 0 Å². The van der Waals surface area contributed by atoms with Gasteiger partial charge in [0.1, 0.15) is 17.2 Å². The van der Waals surface area contributed by atoms with Crippen LogP contribution in [0.4, 0.5) is 0 Å². The highest BCUT2D eigenvalue weighted by Gasteiger charge is 2.20. The zero-order valence-corrected chi connectivity index (χ0v) is 29.6. The van der Waals surface area contributed by atoms with E-state index in [1.165, 1.54) is 0 Å². The predicted molar refractivity (Wildman–Crippen MR) is 191 cm³/mol. The Balaban J connectivity index is 2.44. The molecule has 0 aromatic heterocycles. The van der Waals surface area contributed by atoms with Gasteiger partial charge < -0.3 is 23.7 Å². The molecule has 0 aliphatic heterocycles. The number of ether oxygens (including phenoxy) is 5. The van der Waals surface area contributed by atoms with Gasteiger partial charge in [-0.1, -0.05) is 98.8 Å². The molecule has 0 atom stereocenters. The number of carbonyl (C=O) groups excluding carboxylic acids is 1. The molecule has 0 radical (unpaired) electrons. The number of hydrogen-bond acceptors (Lipinski definition) is 6. The summed E-state index contributed by atoms with van der Waals surface area (Å²) in [5, 5.41) is 0. The van der Waals surface area contributed by atoms with Crippen molar-refractivity contribution < 1.29 is 28.5 Å². The number of ketones is 1. The molecule has 0 spiro atoms. The second-order valence-electron chi connectivity index (χ2n) is 12.0. The lowest BCUT2D eigenvalue weighted by molar-refractivity contribution is 0.104. The van der Waals surface area contributed by atoms with E-state index in [4.69, 9.17) is 23.7 Å². The average molecular weight is 639 g/mol. The summed E-state index contributed by atoms with van der Waals surface area (Å²) in [6, 6.07) is 9.55. The third-order valence-corrected chi connectivity index (χ3v) is 7.73. The molecule has 0 heterocycles. The van der Waals surface area contributed by atoms with E-state index in [0.29, 0.717) is 55.8 Å². The lowest BCUT2D eigenvalue weighted by Gasteiger charge is -2.18. The largest absolute Gasteiger partial charge is 0.494 e. The van der Waals surface area contributed by atoms with Gasteiger partial charge in [-0.05, 0) is 68.5 Å². The Bertz CT molecular complexity index is 1120. The smallest absolute Gasteiger partial charge is 0.189 e. The Morgan fingerprint density at radius 3 is 1.54 bits per heavy atom. The summed E-state index contributed by atoms with van der Waals surface area (Å²) in [6.07, 6.45) is 19.3. The molecule has 2 aromatic rings. The van der Waals surface area contributed by atoms with Crippen molar-refractivity contribution in [2.45, 2.75) is 131 Å². The normalized spacial score (nSPS) is 11.2. The third-order valence-electron chi connectivity index (χ3n) is 7.73. The summed E-state index contributed by atoms with van der Waals surface area (Å²) in [4.78, 5) is 14.0. The first-order valence-electron chi connectivity index (χ1n) is 18.3. The molecular weight excluding hydrogens is 576 g/mol. The Hall–Kier alpha value is -3.15. The van der Waals surface area contributed by atoms with Gasteiger partial charge in [-0.25, -0.2) is 0 Å². The fourth-order valence-electron chi connectivity index (χ4n) is 4.91. The Labute approximate surface area is 280 Å². The fraction of sp³-hybridized carbons (Fsp3) is 0.625. The van der Waals surface area contributed by atoms with Crippen molar-refractivity contribution in [3.63, 3.8) is 0 Å².